The van der Waals surface area contributed by atoms with Gasteiger partial charge in [-0.25, -0.2) is 0 Å². The second-order valence-electron chi connectivity index (χ2n) is 3.87. The summed E-state index contributed by atoms with van der Waals surface area (Å²) in [6.45, 7) is 0.146. The van der Waals surface area contributed by atoms with Crippen LogP contribution in [0.25, 0.3) is 0 Å². The summed E-state index contributed by atoms with van der Waals surface area (Å²) in [6.07, 6.45) is 0. The van der Waals surface area contributed by atoms with Crippen LogP contribution in [0.15, 0.2) is 6.07 Å². The van der Waals surface area contributed by atoms with E-state index in [2.05, 4.69) is 4.74 Å². The molecule has 0 radical (unpaired) electrons. The molecule has 0 saturated carbocycles. The van der Waals surface area contributed by atoms with Crippen molar-refractivity contribution in [1.29, 1.82) is 0 Å². The minimum absolute atomic E-state index is 0.00736. The molecule has 19 heavy (non-hydrogen) atoms. The van der Waals surface area contributed by atoms with Gasteiger partial charge in [0.1, 0.15) is 10.6 Å². The van der Waals surface area contributed by atoms with Crippen LogP contribution >= 0.6 is 32.9 Å². The Balaban J connectivity index is 2.17. The van der Waals surface area contributed by atoms with E-state index < -0.39 is 6.61 Å². The maximum absolute atomic E-state index is 12.4. The van der Waals surface area contributed by atoms with E-state index in [1.807, 2.05) is 0 Å². The highest BCUT2D eigenvalue weighted by molar-refractivity contribution is 8.76. The molecule has 0 aromatic carbocycles. The van der Waals surface area contributed by atoms with E-state index in [9.17, 15) is 13.6 Å². The van der Waals surface area contributed by atoms with Crippen molar-refractivity contribution in [2.75, 3.05) is 24.6 Å². The van der Waals surface area contributed by atoms with Crippen LogP contribution in [-0.2, 0) is 0 Å². The minimum atomic E-state index is -2.91. The highest BCUT2D eigenvalue weighted by atomic mass is 33.1. The number of carbonyl (C=O) groups excluding carboxylic acids is 1. The standard InChI is InChI=1S/C11H13F2NO2S3/c1-7-6-8(16-11(12)13)9(19-7)10(15)14-2-4-17-18-5-3-14/h6,11H,2-5H2,1H3. The van der Waals surface area contributed by atoms with Gasteiger partial charge in [0.15, 0.2) is 0 Å². The number of alkyl halides is 2. The fourth-order valence-electron chi connectivity index (χ4n) is 1.69. The van der Waals surface area contributed by atoms with E-state index in [-0.39, 0.29) is 16.5 Å². The molecule has 0 N–H and O–H groups in total. The first-order chi connectivity index (χ1) is 9.08. The Labute approximate surface area is 122 Å². The van der Waals surface area contributed by atoms with Gasteiger partial charge in [0.25, 0.3) is 5.91 Å². The van der Waals surface area contributed by atoms with E-state index in [1.165, 1.54) is 17.4 Å². The Kier molecular flexibility index (Phi) is 5.35. The average molecular weight is 325 g/mol. The molecule has 1 aromatic rings. The molecule has 1 amide bonds. The third-order valence-electron chi connectivity index (χ3n) is 2.49. The van der Waals surface area contributed by atoms with Crippen molar-refractivity contribution in [3.63, 3.8) is 0 Å². The lowest BCUT2D eigenvalue weighted by atomic mass is 10.3. The van der Waals surface area contributed by atoms with Crippen molar-refractivity contribution < 1.29 is 18.3 Å². The van der Waals surface area contributed by atoms with E-state index >= 15 is 0 Å². The van der Waals surface area contributed by atoms with Gasteiger partial charge in [0.2, 0.25) is 0 Å². The molecule has 2 heterocycles. The van der Waals surface area contributed by atoms with Crippen LogP contribution in [0.5, 0.6) is 5.75 Å². The smallest absolute Gasteiger partial charge is 0.387 e. The van der Waals surface area contributed by atoms with Gasteiger partial charge >= 0.3 is 6.61 Å². The Morgan fingerprint density at radius 3 is 2.58 bits per heavy atom. The summed E-state index contributed by atoms with van der Waals surface area (Å²) >= 11 is 1.20. The summed E-state index contributed by atoms with van der Waals surface area (Å²) in [5.74, 6) is 1.49. The molecule has 8 heteroatoms. The zero-order valence-corrected chi connectivity index (χ0v) is 12.7. The maximum atomic E-state index is 12.4. The molecule has 1 aliphatic rings. The van der Waals surface area contributed by atoms with Gasteiger partial charge in [-0.1, -0.05) is 21.6 Å². The number of nitrogens with zero attached hydrogens (tertiary/aromatic N) is 1. The lowest BCUT2D eigenvalue weighted by molar-refractivity contribution is -0.0499. The molecular weight excluding hydrogens is 312 g/mol. The second kappa shape index (κ2) is 6.81. The van der Waals surface area contributed by atoms with Crippen molar-refractivity contribution in [2.45, 2.75) is 13.5 Å². The molecule has 0 aliphatic carbocycles. The molecule has 0 unspecified atom stereocenters. The highest BCUT2D eigenvalue weighted by Crippen LogP contribution is 2.32. The van der Waals surface area contributed by atoms with Crippen molar-refractivity contribution >= 4 is 38.8 Å². The van der Waals surface area contributed by atoms with Gasteiger partial charge < -0.3 is 9.64 Å². The SMILES string of the molecule is Cc1cc(OC(F)F)c(C(=O)N2CCSSCC2)s1. The van der Waals surface area contributed by atoms with Crippen LogP contribution in [0.4, 0.5) is 8.78 Å². The van der Waals surface area contributed by atoms with Gasteiger partial charge in [0.05, 0.1) is 0 Å². The number of hydrogen-bond acceptors (Lipinski definition) is 5. The molecule has 2 rings (SSSR count). The summed E-state index contributed by atoms with van der Waals surface area (Å²) in [7, 11) is 3.45. The number of ether oxygens (including phenoxy) is 1. The summed E-state index contributed by atoms with van der Waals surface area (Å²) in [5.41, 5.74) is 0. The normalized spacial score (nSPS) is 16.5. The number of carbonyl (C=O) groups is 1. The fourth-order valence-corrected chi connectivity index (χ4v) is 4.59. The Hall–Kier alpha value is -0.470. The third kappa shape index (κ3) is 4.00. The van der Waals surface area contributed by atoms with E-state index in [0.29, 0.717) is 13.1 Å². The summed E-state index contributed by atoms with van der Waals surface area (Å²) in [5, 5.41) is 0. The summed E-state index contributed by atoms with van der Waals surface area (Å²) < 4.78 is 29.1. The lowest BCUT2D eigenvalue weighted by Gasteiger charge is -2.19. The van der Waals surface area contributed by atoms with Gasteiger partial charge in [-0.2, -0.15) is 8.78 Å². The average Bonchev–Trinajstić information content (AvgIpc) is 2.57. The molecule has 3 nitrogen and oxygen atoms in total. The Morgan fingerprint density at radius 2 is 2.00 bits per heavy atom. The van der Waals surface area contributed by atoms with Crippen LogP contribution in [-0.4, -0.2) is 42.0 Å². The quantitative estimate of drug-likeness (QED) is 0.796. The van der Waals surface area contributed by atoms with Gasteiger partial charge in [-0.05, 0) is 13.0 Å². The first-order valence-electron chi connectivity index (χ1n) is 5.67. The molecule has 0 spiro atoms. The van der Waals surface area contributed by atoms with Crippen molar-refractivity contribution in [3.8, 4) is 5.75 Å². The molecule has 1 aromatic heterocycles. The molecular formula is C11H13F2NO2S3. The number of thiophene rings is 1. The van der Waals surface area contributed by atoms with Crippen LogP contribution < -0.4 is 4.74 Å². The molecule has 1 fully saturated rings. The highest BCUT2D eigenvalue weighted by Gasteiger charge is 2.24. The minimum Gasteiger partial charge on any atom is -0.433 e. The maximum Gasteiger partial charge on any atom is 0.387 e. The number of amides is 1. The first kappa shape index (κ1) is 14.9. The van der Waals surface area contributed by atoms with Crippen molar-refractivity contribution in [3.05, 3.63) is 15.8 Å². The van der Waals surface area contributed by atoms with Gasteiger partial charge in [-0.3, -0.25) is 4.79 Å². The van der Waals surface area contributed by atoms with Crippen LogP contribution in [0.1, 0.15) is 14.5 Å². The topological polar surface area (TPSA) is 29.5 Å². The predicted molar refractivity (Wildman–Crippen MR) is 76.5 cm³/mol. The predicted octanol–water partition coefficient (Wildman–Crippen LogP) is 3.50. The molecule has 1 saturated heterocycles. The first-order valence-corrected chi connectivity index (χ1v) is 8.97. The second-order valence-corrected chi connectivity index (χ2v) is 7.82. The van der Waals surface area contributed by atoms with Crippen molar-refractivity contribution in [1.82, 2.24) is 4.90 Å². The van der Waals surface area contributed by atoms with E-state index in [4.69, 9.17) is 0 Å². The number of halogens is 2. The number of hydrogen-bond donors (Lipinski definition) is 0. The lowest BCUT2D eigenvalue weighted by Crippen LogP contribution is -2.33. The fraction of sp³-hybridized carbons (Fsp3) is 0.545. The summed E-state index contributed by atoms with van der Waals surface area (Å²) in [6, 6.07) is 1.49. The van der Waals surface area contributed by atoms with Crippen LogP contribution in [0, 0.1) is 6.92 Å². The van der Waals surface area contributed by atoms with Crippen LogP contribution in [0.3, 0.4) is 0 Å². The monoisotopic (exact) mass is 325 g/mol. The third-order valence-corrected chi connectivity index (χ3v) is 5.88. The molecule has 1 aliphatic heterocycles. The Morgan fingerprint density at radius 1 is 1.37 bits per heavy atom. The van der Waals surface area contributed by atoms with Crippen LogP contribution in [0.2, 0.25) is 0 Å². The molecule has 106 valence electrons. The molecule has 0 bridgehead atoms. The molecule has 0 atom stereocenters. The van der Waals surface area contributed by atoms with Gasteiger partial charge in [-0.15, -0.1) is 11.3 Å². The van der Waals surface area contributed by atoms with Gasteiger partial charge in [0, 0.05) is 29.5 Å². The Bertz CT molecular complexity index is 445. The zero-order chi connectivity index (χ0) is 13.8. The number of aryl methyl sites for hydroxylation is 1. The summed E-state index contributed by atoms with van der Waals surface area (Å²) in [4.78, 5) is 15.1. The zero-order valence-electron chi connectivity index (χ0n) is 10.2. The van der Waals surface area contributed by atoms with E-state index in [0.717, 1.165) is 16.4 Å². The largest absolute Gasteiger partial charge is 0.433 e. The van der Waals surface area contributed by atoms with E-state index in [1.54, 1.807) is 33.4 Å². The van der Waals surface area contributed by atoms with Crippen molar-refractivity contribution in [2.24, 2.45) is 0 Å². The number of rotatable bonds is 3.